The molecule has 4 nitrogen and oxygen atoms in total. The van der Waals surface area contributed by atoms with Crippen LogP contribution in [0.4, 0.5) is 0 Å². The minimum absolute atomic E-state index is 0.167. The van der Waals surface area contributed by atoms with E-state index in [0.29, 0.717) is 5.92 Å². The zero-order valence-corrected chi connectivity index (χ0v) is 12.2. The van der Waals surface area contributed by atoms with Crippen LogP contribution >= 0.6 is 0 Å². The molecule has 1 atom stereocenters. The van der Waals surface area contributed by atoms with Gasteiger partial charge in [0.1, 0.15) is 0 Å². The SMILES string of the molecule is CC(C)CC(CO)NCc1ccc(-n2cccn2)cc1. The largest absolute Gasteiger partial charge is 0.395 e. The van der Waals surface area contributed by atoms with Crippen molar-refractivity contribution < 1.29 is 5.11 Å². The molecule has 0 amide bonds. The third-order valence-electron chi connectivity index (χ3n) is 3.28. The molecule has 0 aliphatic heterocycles. The minimum Gasteiger partial charge on any atom is -0.395 e. The number of aliphatic hydroxyl groups excluding tert-OH is 1. The molecule has 1 aromatic carbocycles. The van der Waals surface area contributed by atoms with Crippen molar-refractivity contribution in [2.75, 3.05) is 6.61 Å². The third kappa shape index (κ3) is 4.18. The fourth-order valence-electron chi connectivity index (χ4n) is 2.24. The summed E-state index contributed by atoms with van der Waals surface area (Å²) in [6, 6.07) is 10.4. The first-order chi connectivity index (χ1) is 9.69. The molecule has 4 heteroatoms. The summed E-state index contributed by atoms with van der Waals surface area (Å²) in [4.78, 5) is 0. The van der Waals surface area contributed by atoms with Gasteiger partial charge in [-0.05, 0) is 36.1 Å². The lowest BCUT2D eigenvalue weighted by molar-refractivity contribution is 0.223. The molecule has 0 saturated heterocycles. The summed E-state index contributed by atoms with van der Waals surface area (Å²) in [6.45, 7) is 5.30. The van der Waals surface area contributed by atoms with Gasteiger partial charge < -0.3 is 10.4 Å². The molecule has 0 radical (unpaired) electrons. The van der Waals surface area contributed by atoms with Crippen LogP contribution in [0.3, 0.4) is 0 Å². The first-order valence-electron chi connectivity index (χ1n) is 7.12. The lowest BCUT2D eigenvalue weighted by Crippen LogP contribution is -2.33. The minimum atomic E-state index is 0.167. The monoisotopic (exact) mass is 273 g/mol. The van der Waals surface area contributed by atoms with Crippen LogP contribution in [0.1, 0.15) is 25.8 Å². The predicted octanol–water partition coefficient (Wildman–Crippen LogP) is 2.37. The summed E-state index contributed by atoms with van der Waals surface area (Å²) >= 11 is 0. The van der Waals surface area contributed by atoms with Crippen molar-refractivity contribution in [3.05, 3.63) is 48.3 Å². The van der Waals surface area contributed by atoms with E-state index in [-0.39, 0.29) is 12.6 Å². The Morgan fingerprint density at radius 3 is 2.55 bits per heavy atom. The van der Waals surface area contributed by atoms with Crippen molar-refractivity contribution in [2.45, 2.75) is 32.9 Å². The molecule has 1 unspecified atom stereocenters. The maximum Gasteiger partial charge on any atom is 0.0645 e. The van der Waals surface area contributed by atoms with Gasteiger partial charge in [-0.1, -0.05) is 26.0 Å². The number of rotatable bonds is 7. The molecule has 0 fully saturated rings. The topological polar surface area (TPSA) is 50.1 Å². The normalized spacial score (nSPS) is 12.8. The van der Waals surface area contributed by atoms with Gasteiger partial charge in [0.05, 0.1) is 12.3 Å². The van der Waals surface area contributed by atoms with E-state index in [0.717, 1.165) is 18.7 Å². The molecule has 0 bridgehead atoms. The first-order valence-corrected chi connectivity index (χ1v) is 7.12. The summed E-state index contributed by atoms with van der Waals surface area (Å²) in [7, 11) is 0. The van der Waals surface area contributed by atoms with Gasteiger partial charge in [0.15, 0.2) is 0 Å². The number of benzene rings is 1. The number of nitrogens with one attached hydrogen (secondary N) is 1. The van der Waals surface area contributed by atoms with Crippen LogP contribution in [0.5, 0.6) is 0 Å². The van der Waals surface area contributed by atoms with E-state index < -0.39 is 0 Å². The molecule has 0 spiro atoms. The number of aliphatic hydroxyl groups is 1. The van der Waals surface area contributed by atoms with E-state index in [1.54, 1.807) is 6.20 Å². The van der Waals surface area contributed by atoms with Crippen LogP contribution in [-0.2, 0) is 6.54 Å². The Morgan fingerprint density at radius 1 is 1.25 bits per heavy atom. The summed E-state index contributed by atoms with van der Waals surface area (Å²) in [5.74, 6) is 0.585. The Bertz CT molecular complexity index is 491. The Hall–Kier alpha value is -1.65. The Kier molecular flexibility index (Phi) is 5.32. The standard InChI is InChI=1S/C16H23N3O/c1-13(2)10-15(12-20)17-11-14-4-6-16(7-5-14)19-9-3-8-18-19/h3-9,13,15,17,20H,10-12H2,1-2H3. The number of nitrogens with zero attached hydrogens (tertiary/aromatic N) is 2. The smallest absolute Gasteiger partial charge is 0.0645 e. The van der Waals surface area contributed by atoms with E-state index in [2.05, 4.69) is 48.5 Å². The molecule has 2 N–H and O–H groups in total. The Morgan fingerprint density at radius 2 is 2.00 bits per heavy atom. The van der Waals surface area contributed by atoms with Gasteiger partial charge in [0.2, 0.25) is 0 Å². The predicted molar refractivity (Wildman–Crippen MR) is 80.7 cm³/mol. The van der Waals surface area contributed by atoms with E-state index in [1.165, 1.54) is 5.56 Å². The van der Waals surface area contributed by atoms with E-state index in [9.17, 15) is 5.11 Å². The van der Waals surface area contributed by atoms with Crippen molar-refractivity contribution in [1.82, 2.24) is 15.1 Å². The average Bonchev–Trinajstić information content (AvgIpc) is 2.97. The fourth-order valence-corrected chi connectivity index (χ4v) is 2.24. The summed E-state index contributed by atoms with van der Waals surface area (Å²) in [5, 5.41) is 17.0. The van der Waals surface area contributed by atoms with Crippen LogP contribution < -0.4 is 5.32 Å². The lowest BCUT2D eigenvalue weighted by atomic mass is 10.0. The van der Waals surface area contributed by atoms with Crippen molar-refractivity contribution in [1.29, 1.82) is 0 Å². The highest BCUT2D eigenvalue weighted by molar-refractivity contribution is 5.33. The summed E-state index contributed by atoms with van der Waals surface area (Å²) in [5.41, 5.74) is 2.27. The Labute approximate surface area is 120 Å². The molecular formula is C16H23N3O. The summed E-state index contributed by atoms with van der Waals surface area (Å²) in [6.07, 6.45) is 4.69. The maximum atomic E-state index is 9.35. The van der Waals surface area contributed by atoms with Crippen molar-refractivity contribution in [3.8, 4) is 5.69 Å². The maximum absolute atomic E-state index is 9.35. The summed E-state index contributed by atoms with van der Waals surface area (Å²) < 4.78 is 1.84. The number of aromatic nitrogens is 2. The van der Waals surface area contributed by atoms with Gasteiger partial charge >= 0.3 is 0 Å². The van der Waals surface area contributed by atoms with E-state index in [4.69, 9.17) is 0 Å². The zero-order chi connectivity index (χ0) is 14.4. The van der Waals surface area contributed by atoms with Crippen molar-refractivity contribution >= 4 is 0 Å². The van der Waals surface area contributed by atoms with Crippen LogP contribution in [0.15, 0.2) is 42.7 Å². The van der Waals surface area contributed by atoms with Crippen molar-refractivity contribution in [3.63, 3.8) is 0 Å². The molecule has 2 aromatic rings. The molecule has 0 saturated carbocycles. The second-order valence-corrected chi connectivity index (χ2v) is 5.51. The lowest BCUT2D eigenvalue weighted by Gasteiger charge is -2.18. The molecule has 20 heavy (non-hydrogen) atoms. The van der Waals surface area contributed by atoms with Crippen LogP contribution in [0.25, 0.3) is 5.69 Å². The van der Waals surface area contributed by atoms with Gasteiger partial charge in [-0.3, -0.25) is 0 Å². The fraction of sp³-hybridized carbons (Fsp3) is 0.438. The molecule has 1 heterocycles. The van der Waals surface area contributed by atoms with E-state index in [1.807, 2.05) is 16.9 Å². The average molecular weight is 273 g/mol. The van der Waals surface area contributed by atoms with Crippen molar-refractivity contribution in [2.24, 2.45) is 5.92 Å². The quantitative estimate of drug-likeness (QED) is 0.814. The second-order valence-electron chi connectivity index (χ2n) is 5.51. The second kappa shape index (κ2) is 7.22. The van der Waals surface area contributed by atoms with Gasteiger partial charge in [-0.2, -0.15) is 5.10 Å². The highest BCUT2D eigenvalue weighted by atomic mass is 16.3. The molecule has 1 aromatic heterocycles. The van der Waals surface area contributed by atoms with Gasteiger partial charge in [-0.25, -0.2) is 4.68 Å². The van der Waals surface area contributed by atoms with E-state index >= 15 is 0 Å². The van der Waals surface area contributed by atoms with Crippen LogP contribution in [-0.4, -0.2) is 27.5 Å². The molecule has 0 aliphatic rings. The Balaban J connectivity index is 1.90. The number of hydrogen-bond donors (Lipinski definition) is 2. The molecule has 108 valence electrons. The highest BCUT2D eigenvalue weighted by Crippen LogP contribution is 2.10. The number of hydrogen-bond acceptors (Lipinski definition) is 3. The van der Waals surface area contributed by atoms with Crippen LogP contribution in [0, 0.1) is 5.92 Å². The highest BCUT2D eigenvalue weighted by Gasteiger charge is 2.08. The van der Waals surface area contributed by atoms with Gasteiger partial charge in [0.25, 0.3) is 0 Å². The molecule has 2 rings (SSSR count). The molecular weight excluding hydrogens is 250 g/mol. The van der Waals surface area contributed by atoms with Crippen LogP contribution in [0.2, 0.25) is 0 Å². The van der Waals surface area contributed by atoms with Gasteiger partial charge in [0, 0.05) is 25.0 Å². The first kappa shape index (κ1) is 14.8. The molecule has 0 aliphatic carbocycles. The third-order valence-corrected chi connectivity index (χ3v) is 3.28. The van der Waals surface area contributed by atoms with Gasteiger partial charge in [-0.15, -0.1) is 0 Å². The zero-order valence-electron chi connectivity index (χ0n) is 12.2.